The smallest absolute Gasteiger partial charge is 0.319 e. The second-order valence-corrected chi connectivity index (χ2v) is 6.70. The van der Waals surface area contributed by atoms with Crippen LogP contribution in [0.5, 0.6) is 0 Å². The van der Waals surface area contributed by atoms with Gasteiger partial charge in [0.25, 0.3) is 0 Å². The van der Waals surface area contributed by atoms with Crippen LogP contribution in [0.1, 0.15) is 11.4 Å². The number of carbonyl (C=O) groups excluding carboxylic acids is 1. The van der Waals surface area contributed by atoms with Gasteiger partial charge in [0.05, 0.1) is 5.39 Å². The molecule has 1 saturated heterocycles. The Morgan fingerprint density at radius 3 is 2.50 bits per heavy atom. The standard InChI is InChI=1S/C15H21N5OS/c1-10-9-22-14-12(10)13(16-11(2)17-14)19-5-7-20(8-6-19)15(21)18(3)4/h9H,5-8H2,1-4H3. The van der Waals surface area contributed by atoms with Gasteiger partial charge in [-0.3, -0.25) is 0 Å². The molecule has 22 heavy (non-hydrogen) atoms. The molecule has 2 aromatic heterocycles. The van der Waals surface area contributed by atoms with Gasteiger partial charge in [-0.25, -0.2) is 14.8 Å². The fourth-order valence-electron chi connectivity index (χ4n) is 2.79. The number of urea groups is 1. The predicted molar refractivity (Wildman–Crippen MR) is 89.8 cm³/mol. The zero-order valence-electron chi connectivity index (χ0n) is 13.5. The van der Waals surface area contributed by atoms with Gasteiger partial charge in [-0.1, -0.05) is 0 Å². The predicted octanol–water partition coefficient (Wildman–Crippen LogP) is 2.11. The van der Waals surface area contributed by atoms with Crippen molar-refractivity contribution in [1.82, 2.24) is 19.8 Å². The molecule has 6 nitrogen and oxygen atoms in total. The third-order valence-corrected chi connectivity index (χ3v) is 4.93. The summed E-state index contributed by atoms with van der Waals surface area (Å²) in [6, 6.07) is 0.0791. The molecular formula is C15H21N5OS. The Hall–Kier alpha value is -1.89. The number of piperazine rings is 1. The zero-order valence-corrected chi connectivity index (χ0v) is 14.3. The van der Waals surface area contributed by atoms with Gasteiger partial charge in [0, 0.05) is 40.3 Å². The average Bonchev–Trinajstić information content (AvgIpc) is 2.87. The van der Waals surface area contributed by atoms with E-state index in [9.17, 15) is 4.79 Å². The van der Waals surface area contributed by atoms with E-state index in [1.54, 1.807) is 30.3 Å². The van der Waals surface area contributed by atoms with Crippen molar-refractivity contribution in [2.24, 2.45) is 0 Å². The number of aromatic nitrogens is 2. The number of anilines is 1. The number of fused-ring (bicyclic) bond motifs is 1. The van der Waals surface area contributed by atoms with Crippen LogP contribution in [0.2, 0.25) is 0 Å². The lowest BCUT2D eigenvalue weighted by atomic mass is 10.2. The summed E-state index contributed by atoms with van der Waals surface area (Å²) >= 11 is 1.67. The summed E-state index contributed by atoms with van der Waals surface area (Å²) in [4.78, 5) is 28.1. The summed E-state index contributed by atoms with van der Waals surface area (Å²) in [5.74, 6) is 1.81. The van der Waals surface area contributed by atoms with Crippen molar-refractivity contribution in [3.8, 4) is 0 Å². The topological polar surface area (TPSA) is 52.6 Å². The maximum Gasteiger partial charge on any atom is 0.319 e. The first-order valence-corrected chi connectivity index (χ1v) is 8.29. The van der Waals surface area contributed by atoms with E-state index in [2.05, 4.69) is 27.2 Å². The van der Waals surface area contributed by atoms with Gasteiger partial charge in [0.15, 0.2) is 0 Å². The minimum absolute atomic E-state index is 0.0791. The number of amides is 2. The quantitative estimate of drug-likeness (QED) is 0.808. The van der Waals surface area contributed by atoms with Crippen LogP contribution in [0.4, 0.5) is 10.6 Å². The molecule has 0 spiro atoms. The number of thiophene rings is 1. The number of aryl methyl sites for hydroxylation is 2. The summed E-state index contributed by atoms with van der Waals surface area (Å²) < 4.78 is 0. The molecule has 2 aromatic rings. The van der Waals surface area contributed by atoms with Crippen molar-refractivity contribution in [3.63, 3.8) is 0 Å². The molecular weight excluding hydrogens is 298 g/mol. The monoisotopic (exact) mass is 319 g/mol. The van der Waals surface area contributed by atoms with E-state index in [0.717, 1.165) is 48.0 Å². The van der Waals surface area contributed by atoms with Crippen LogP contribution in [-0.4, -0.2) is 66.1 Å². The van der Waals surface area contributed by atoms with Crippen LogP contribution in [-0.2, 0) is 0 Å². The maximum atomic E-state index is 12.0. The van der Waals surface area contributed by atoms with E-state index in [4.69, 9.17) is 0 Å². The van der Waals surface area contributed by atoms with Crippen molar-refractivity contribution >= 4 is 33.4 Å². The SMILES string of the molecule is Cc1nc(N2CCN(C(=O)N(C)C)CC2)c2c(C)csc2n1. The fourth-order valence-corrected chi connectivity index (χ4v) is 3.75. The fraction of sp³-hybridized carbons (Fsp3) is 0.533. The highest BCUT2D eigenvalue weighted by molar-refractivity contribution is 7.17. The Bertz CT molecular complexity index is 703. The summed E-state index contributed by atoms with van der Waals surface area (Å²) in [6.07, 6.45) is 0. The van der Waals surface area contributed by atoms with Gasteiger partial charge in [-0.2, -0.15) is 0 Å². The third-order valence-electron chi connectivity index (χ3n) is 3.94. The molecule has 2 amide bonds. The molecule has 1 fully saturated rings. The second-order valence-electron chi connectivity index (χ2n) is 5.84. The summed E-state index contributed by atoms with van der Waals surface area (Å²) in [5, 5.41) is 3.29. The highest BCUT2D eigenvalue weighted by Crippen LogP contribution is 2.32. The van der Waals surface area contributed by atoms with Crippen LogP contribution in [0.3, 0.4) is 0 Å². The Balaban J connectivity index is 1.85. The third kappa shape index (κ3) is 2.61. The van der Waals surface area contributed by atoms with Crippen molar-refractivity contribution in [3.05, 3.63) is 16.8 Å². The molecule has 1 aliphatic heterocycles. The Labute approximate surface area is 134 Å². The first kappa shape index (κ1) is 15.0. The molecule has 0 saturated carbocycles. The van der Waals surface area contributed by atoms with E-state index in [-0.39, 0.29) is 6.03 Å². The van der Waals surface area contributed by atoms with E-state index < -0.39 is 0 Å². The molecule has 7 heteroatoms. The van der Waals surface area contributed by atoms with E-state index >= 15 is 0 Å². The number of hydrogen-bond acceptors (Lipinski definition) is 5. The molecule has 3 heterocycles. The molecule has 0 N–H and O–H groups in total. The van der Waals surface area contributed by atoms with Crippen LogP contribution in [0, 0.1) is 13.8 Å². The van der Waals surface area contributed by atoms with Crippen LogP contribution >= 0.6 is 11.3 Å². The average molecular weight is 319 g/mol. The van der Waals surface area contributed by atoms with E-state index in [1.165, 1.54) is 5.56 Å². The van der Waals surface area contributed by atoms with Crippen LogP contribution in [0.25, 0.3) is 10.2 Å². The number of nitrogens with zero attached hydrogens (tertiary/aromatic N) is 5. The minimum Gasteiger partial charge on any atom is -0.352 e. The summed E-state index contributed by atoms with van der Waals surface area (Å²) in [6.45, 7) is 7.10. The van der Waals surface area contributed by atoms with Crippen LogP contribution in [0.15, 0.2) is 5.38 Å². The minimum atomic E-state index is 0.0791. The zero-order chi connectivity index (χ0) is 15.9. The van der Waals surface area contributed by atoms with E-state index in [1.807, 2.05) is 11.8 Å². The largest absolute Gasteiger partial charge is 0.352 e. The molecule has 3 rings (SSSR count). The van der Waals surface area contributed by atoms with E-state index in [0.29, 0.717) is 0 Å². The molecule has 0 radical (unpaired) electrons. The molecule has 0 aromatic carbocycles. The highest BCUT2D eigenvalue weighted by atomic mass is 32.1. The van der Waals surface area contributed by atoms with Gasteiger partial charge < -0.3 is 14.7 Å². The molecule has 0 atom stereocenters. The summed E-state index contributed by atoms with van der Waals surface area (Å²) in [7, 11) is 3.58. The maximum absolute atomic E-state index is 12.0. The number of hydrogen-bond donors (Lipinski definition) is 0. The molecule has 0 aliphatic carbocycles. The van der Waals surface area contributed by atoms with Crippen molar-refractivity contribution < 1.29 is 4.79 Å². The van der Waals surface area contributed by atoms with Crippen molar-refractivity contribution in [1.29, 1.82) is 0 Å². The Morgan fingerprint density at radius 1 is 1.18 bits per heavy atom. The lowest BCUT2D eigenvalue weighted by Gasteiger charge is -2.36. The van der Waals surface area contributed by atoms with Crippen molar-refractivity contribution in [2.75, 3.05) is 45.2 Å². The first-order valence-electron chi connectivity index (χ1n) is 7.41. The highest BCUT2D eigenvalue weighted by Gasteiger charge is 2.25. The second kappa shape index (κ2) is 5.72. The lowest BCUT2D eigenvalue weighted by Crippen LogP contribution is -2.51. The van der Waals surface area contributed by atoms with Crippen LogP contribution < -0.4 is 4.90 Å². The van der Waals surface area contributed by atoms with Gasteiger partial charge in [0.2, 0.25) is 0 Å². The van der Waals surface area contributed by atoms with Gasteiger partial charge in [-0.05, 0) is 24.8 Å². The molecule has 118 valence electrons. The Morgan fingerprint density at radius 2 is 1.86 bits per heavy atom. The lowest BCUT2D eigenvalue weighted by molar-refractivity contribution is 0.168. The number of carbonyl (C=O) groups is 1. The normalized spacial score (nSPS) is 15.5. The molecule has 0 unspecified atom stereocenters. The van der Waals surface area contributed by atoms with Crippen molar-refractivity contribution in [2.45, 2.75) is 13.8 Å². The molecule has 1 aliphatic rings. The van der Waals surface area contributed by atoms with Gasteiger partial charge in [0.1, 0.15) is 16.5 Å². The van der Waals surface area contributed by atoms with Gasteiger partial charge in [-0.15, -0.1) is 11.3 Å². The van der Waals surface area contributed by atoms with Gasteiger partial charge >= 0.3 is 6.03 Å². The first-order chi connectivity index (χ1) is 10.5. The molecule has 0 bridgehead atoms. The number of rotatable bonds is 1. The Kier molecular flexibility index (Phi) is 3.90. The summed E-state index contributed by atoms with van der Waals surface area (Å²) in [5.41, 5.74) is 1.22.